The second-order valence-electron chi connectivity index (χ2n) is 7.37. The van der Waals surface area contributed by atoms with Crippen LogP contribution in [0.5, 0.6) is 5.75 Å². The van der Waals surface area contributed by atoms with Crippen LogP contribution in [0.25, 0.3) is 0 Å². The van der Waals surface area contributed by atoms with Gasteiger partial charge in [-0.15, -0.1) is 0 Å². The number of anilines is 1. The van der Waals surface area contributed by atoms with Gasteiger partial charge in [0.1, 0.15) is 5.75 Å². The molecule has 2 aromatic rings. The van der Waals surface area contributed by atoms with Crippen LogP contribution in [-0.4, -0.2) is 37.2 Å². The normalized spacial score (nSPS) is 11.1. The topological polar surface area (TPSA) is 83.0 Å². The summed E-state index contributed by atoms with van der Waals surface area (Å²) in [5.41, 5.74) is 6.05. The molecule has 2 rings (SSSR count). The van der Waals surface area contributed by atoms with E-state index in [2.05, 4.69) is 62.7 Å². The van der Waals surface area contributed by atoms with E-state index in [1.54, 1.807) is 13.0 Å². The highest BCUT2D eigenvalue weighted by Gasteiger charge is 2.08. The van der Waals surface area contributed by atoms with Crippen LogP contribution in [0.3, 0.4) is 0 Å². The average Bonchev–Trinajstić information content (AvgIpc) is 2.77. The van der Waals surface area contributed by atoms with Gasteiger partial charge in [0.2, 0.25) is 5.91 Å². The molecular weight excluding hydrogens is 472 g/mol. The molecule has 0 spiro atoms. The molecule has 8 heteroatoms. The van der Waals surface area contributed by atoms with Crippen molar-refractivity contribution in [3.63, 3.8) is 0 Å². The molecule has 0 unspecified atom stereocenters. The first-order valence-corrected chi connectivity index (χ1v) is 11.4. The van der Waals surface area contributed by atoms with E-state index in [0.717, 1.165) is 28.7 Å². The van der Waals surface area contributed by atoms with E-state index in [0.29, 0.717) is 18.0 Å². The molecular formula is C24H31BrN4O3. The molecule has 2 N–H and O–H groups in total. The third-order valence-corrected chi connectivity index (χ3v) is 5.33. The number of hydrazone groups is 1. The monoisotopic (exact) mass is 502 g/mol. The fraction of sp³-hybridized carbons (Fsp3) is 0.375. The fourth-order valence-corrected chi connectivity index (χ4v) is 3.53. The number of hydrogen-bond acceptors (Lipinski definition) is 5. The van der Waals surface area contributed by atoms with Gasteiger partial charge in [-0.3, -0.25) is 9.59 Å². The van der Waals surface area contributed by atoms with Gasteiger partial charge >= 0.3 is 0 Å². The van der Waals surface area contributed by atoms with Crippen LogP contribution < -0.4 is 20.4 Å². The Morgan fingerprint density at radius 2 is 1.75 bits per heavy atom. The van der Waals surface area contributed by atoms with Crippen LogP contribution in [0.4, 0.5) is 5.69 Å². The maximum Gasteiger partial charge on any atom is 0.277 e. The van der Waals surface area contributed by atoms with Crippen LogP contribution in [0, 0.1) is 6.92 Å². The number of nitrogens with one attached hydrogen (secondary N) is 2. The molecule has 0 aliphatic carbocycles. The lowest BCUT2D eigenvalue weighted by atomic mass is 10.2. The highest BCUT2D eigenvalue weighted by atomic mass is 79.9. The summed E-state index contributed by atoms with van der Waals surface area (Å²) < 4.78 is 6.45. The smallest absolute Gasteiger partial charge is 0.277 e. The van der Waals surface area contributed by atoms with E-state index < -0.39 is 0 Å². The molecule has 0 bridgehead atoms. The Hall–Kier alpha value is -2.87. The quantitative estimate of drug-likeness (QED) is 0.356. The van der Waals surface area contributed by atoms with Crippen molar-refractivity contribution in [2.45, 2.75) is 40.7 Å². The van der Waals surface area contributed by atoms with Gasteiger partial charge in [0.15, 0.2) is 6.61 Å². The minimum atomic E-state index is -0.389. The fourth-order valence-electron chi connectivity index (χ4n) is 3.06. The van der Waals surface area contributed by atoms with Crippen molar-refractivity contribution in [3.05, 3.63) is 58.1 Å². The number of halogens is 1. The minimum absolute atomic E-state index is 0.102. The maximum atomic E-state index is 12.2. The predicted molar refractivity (Wildman–Crippen MR) is 132 cm³/mol. The number of nitrogens with zero attached hydrogens (tertiary/aromatic N) is 2. The number of rotatable bonds is 11. The molecule has 0 aliphatic rings. The number of aryl methyl sites for hydroxylation is 1. The summed E-state index contributed by atoms with van der Waals surface area (Å²) in [7, 11) is 0. The lowest BCUT2D eigenvalue weighted by Crippen LogP contribution is -2.28. The molecule has 2 aromatic carbocycles. The van der Waals surface area contributed by atoms with Crippen molar-refractivity contribution < 1.29 is 14.3 Å². The number of benzene rings is 2. The van der Waals surface area contributed by atoms with Gasteiger partial charge in [0.25, 0.3) is 5.91 Å². The lowest BCUT2D eigenvalue weighted by Gasteiger charge is -2.21. The second-order valence-corrected chi connectivity index (χ2v) is 8.29. The Morgan fingerprint density at radius 3 is 2.38 bits per heavy atom. The molecule has 32 heavy (non-hydrogen) atoms. The molecule has 7 nitrogen and oxygen atoms in total. The summed E-state index contributed by atoms with van der Waals surface area (Å²) in [5, 5.41) is 6.86. The van der Waals surface area contributed by atoms with E-state index in [9.17, 15) is 9.59 Å². The van der Waals surface area contributed by atoms with Crippen molar-refractivity contribution in [2.75, 3.05) is 24.6 Å². The summed E-state index contributed by atoms with van der Waals surface area (Å²) in [6.07, 6.45) is 0.102. The number of ether oxygens (including phenoxy) is 1. The minimum Gasteiger partial charge on any atom is -0.483 e. The van der Waals surface area contributed by atoms with E-state index in [1.165, 1.54) is 5.69 Å². The van der Waals surface area contributed by atoms with E-state index in [4.69, 9.17) is 4.74 Å². The van der Waals surface area contributed by atoms with Gasteiger partial charge < -0.3 is 15.0 Å². The number of carbonyl (C=O) groups excluding carboxylic acids is 2. The number of hydrogen-bond donors (Lipinski definition) is 2. The van der Waals surface area contributed by atoms with Gasteiger partial charge in [0.05, 0.1) is 6.42 Å². The van der Waals surface area contributed by atoms with Crippen molar-refractivity contribution in [1.82, 2.24) is 10.7 Å². The number of amides is 2. The third-order valence-electron chi connectivity index (χ3n) is 4.84. The molecule has 0 fully saturated rings. The molecule has 0 atom stereocenters. The largest absolute Gasteiger partial charge is 0.483 e. The van der Waals surface area contributed by atoms with Gasteiger partial charge in [0, 0.05) is 35.5 Å². The molecule has 0 aliphatic heterocycles. The van der Waals surface area contributed by atoms with Crippen molar-refractivity contribution in [3.8, 4) is 5.75 Å². The SMILES string of the molecule is CCN(CC)c1ccc(CNC(=O)C/C(C)=N/NC(=O)COc2ccc(Br)cc2C)cc1. The van der Waals surface area contributed by atoms with Crippen molar-refractivity contribution in [1.29, 1.82) is 0 Å². The molecule has 2 amide bonds. The standard InChI is InChI=1S/C24H31BrN4O3/c1-5-29(6-2)21-10-7-19(8-11-21)15-26-23(30)14-18(4)27-28-24(31)16-32-22-12-9-20(25)13-17(22)3/h7-13H,5-6,14-16H2,1-4H3,(H,26,30)(H,28,31)/b27-18+. The average molecular weight is 503 g/mol. The molecule has 0 saturated heterocycles. The molecule has 0 saturated carbocycles. The zero-order chi connectivity index (χ0) is 23.5. The van der Waals surface area contributed by atoms with Crippen LogP contribution >= 0.6 is 15.9 Å². The zero-order valence-electron chi connectivity index (χ0n) is 19.1. The van der Waals surface area contributed by atoms with E-state index >= 15 is 0 Å². The molecule has 172 valence electrons. The first-order valence-electron chi connectivity index (χ1n) is 10.6. The maximum absolute atomic E-state index is 12.2. The zero-order valence-corrected chi connectivity index (χ0v) is 20.7. The van der Waals surface area contributed by atoms with Gasteiger partial charge in [-0.25, -0.2) is 5.43 Å². The van der Waals surface area contributed by atoms with Crippen LogP contribution in [0.2, 0.25) is 0 Å². The van der Waals surface area contributed by atoms with Gasteiger partial charge in [-0.2, -0.15) is 5.10 Å². The molecule has 0 heterocycles. The van der Waals surface area contributed by atoms with Gasteiger partial charge in [-0.1, -0.05) is 28.1 Å². The first kappa shape index (κ1) is 25.4. The highest BCUT2D eigenvalue weighted by molar-refractivity contribution is 9.10. The van der Waals surface area contributed by atoms with E-state index in [-0.39, 0.29) is 24.8 Å². The third kappa shape index (κ3) is 8.34. The van der Waals surface area contributed by atoms with Crippen molar-refractivity contribution >= 4 is 39.1 Å². The van der Waals surface area contributed by atoms with E-state index in [1.807, 2.05) is 31.2 Å². The lowest BCUT2D eigenvalue weighted by molar-refractivity contribution is -0.123. The van der Waals surface area contributed by atoms with Crippen molar-refractivity contribution in [2.24, 2.45) is 5.10 Å². The summed E-state index contributed by atoms with van der Waals surface area (Å²) in [6.45, 7) is 10.0. The molecule has 0 aromatic heterocycles. The van der Waals surface area contributed by atoms with Crippen LogP contribution in [0.15, 0.2) is 52.0 Å². The summed E-state index contributed by atoms with van der Waals surface area (Å²) >= 11 is 3.39. The second kappa shape index (κ2) is 12.9. The Labute approximate surface area is 198 Å². The Morgan fingerprint density at radius 1 is 1.06 bits per heavy atom. The first-order chi connectivity index (χ1) is 15.3. The van der Waals surface area contributed by atoms with Gasteiger partial charge in [-0.05, 0) is 69.2 Å². The Kier molecular flexibility index (Phi) is 10.2. The van der Waals surface area contributed by atoms with Crippen LogP contribution in [-0.2, 0) is 16.1 Å². The number of carbonyl (C=O) groups is 2. The summed E-state index contributed by atoms with van der Waals surface area (Å²) in [5.74, 6) is 0.0870. The predicted octanol–water partition coefficient (Wildman–Crippen LogP) is 4.18. The Bertz CT molecular complexity index is 941. The van der Waals surface area contributed by atoms with Crippen LogP contribution in [0.1, 0.15) is 38.3 Å². The molecule has 0 radical (unpaired) electrons. The highest BCUT2D eigenvalue weighted by Crippen LogP contribution is 2.22. The summed E-state index contributed by atoms with van der Waals surface area (Å²) in [6, 6.07) is 13.7. The Balaban J connectivity index is 1.73. The summed E-state index contributed by atoms with van der Waals surface area (Å²) in [4.78, 5) is 26.4.